The number of rotatable bonds is 1. The van der Waals surface area contributed by atoms with Crippen LogP contribution in [0.3, 0.4) is 0 Å². The van der Waals surface area contributed by atoms with Crippen LogP contribution in [-0.2, 0) is 4.79 Å². The summed E-state index contributed by atoms with van der Waals surface area (Å²) in [5.74, 6) is 0.867. The molecule has 0 aromatic carbocycles. The van der Waals surface area contributed by atoms with E-state index in [0.717, 1.165) is 32.4 Å². The van der Waals surface area contributed by atoms with Crippen molar-refractivity contribution in [2.45, 2.75) is 39.2 Å². The second-order valence-electron chi connectivity index (χ2n) is 5.06. The van der Waals surface area contributed by atoms with Gasteiger partial charge in [-0.2, -0.15) is 0 Å². The number of halogens is 1. The molecular formula is C11H21ClN2O. The molecule has 0 aliphatic carbocycles. The van der Waals surface area contributed by atoms with Crippen LogP contribution < -0.4 is 10.6 Å². The minimum Gasteiger partial charge on any atom is -0.353 e. The van der Waals surface area contributed by atoms with E-state index in [9.17, 15) is 4.79 Å². The third-order valence-electron chi connectivity index (χ3n) is 3.77. The Balaban J connectivity index is 0.00000112. The van der Waals surface area contributed by atoms with E-state index in [-0.39, 0.29) is 17.8 Å². The average Bonchev–Trinajstić information content (AvgIpc) is 2.46. The van der Waals surface area contributed by atoms with Crippen LogP contribution in [0.2, 0.25) is 0 Å². The van der Waals surface area contributed by atoms with Crippen molar-refractivity contribution >= 4 is 18.3 Å². The largest absolute Gasteiger partial charge is 0.353 e. The Morgan fingerprint density at radius 2 is 1.93 bits per heavy atom. The summed E-state index contributed by atoms with van der Waals surface area (Å²) in [6.07, 6.45) is 3.08. The summed E-state index contributed by atoms with van der Waals surface area (Å²) < 4.78 is 0. The van der Waals surface area contributed by atoms with Crippen LogP contribution in [0.5, 0.6) is 0 Å². The monoisotopic (exact) mass is 232 g/mol. The van der Waals surface area contributed by atoms with E-state index in [1.807, 2.05) is 0 Å². The second-order valence-corrected chi connectivity index (χ2v) is 5.06. The summed E-state index contributed by atoms with van der Waals surface area (Å²) in [7, 11) is 0. The molecule has 3 nitrogen and oxygen atoms in total. The first-order valence-electron chi connectivity index (χ1n) is 5.66. The molecule has 1 atom stereocenters. The maximum atomic E-state index is 11.9. The molecule has 4 heteroatoms. The Hall–Kier alpha value is -0.280. The summed E-state index contributed by atoms with van der Waals surface area (Å²) >= 11 is 0. The molecule has 2 saturated heterocycles. The van der Waals surface area contributed by atoms with Crippen molar-refractivity contribution in [3.8, 4) is 0 Å². The van der Waals surface area contributed by atoms with E-state index < -0.39 is 0 Å². The number of amides is 1. The summed E-state index contributed by atoms with van der Waals surface area (Å²) in [6, 6.07) is 0.403. The highest BCUT2D eigenvalue weighted by atomic mass is 35.5. The van der Waals surface area contributed by atoms with Gasteiger partial charge < -0.3 is 10.6 Å². The van der Waals surface area contributed by atoms with Crippen molar-refractivity contribution in [2.24, 2.45) is 11.3 Å². The van der Waals surface area contributed by atoms with E-state index in [4.69, 9.17) is 0 Å². The predicted octanol–water partition coefficient (Wildman–Crippen LogP) is 1.32. The Kier molecular flexibility index (Phi) is 4.01. The lowest BCUT2D eigenvalue weighted by Gasteiger charge is -2.31. The molecule has 2 aliphatic heterocycles. The van der Waals surface area contributed by atoms with Crippen molar-refractivity contribution in [3.05, 3.63) is 0 Å². The van der Waals surface area contributed by atoms with Gasteiger partial charge in [0.1, 0.15) is 0 Å². The fourth-order valence-electron chi connectivity index (χ4n) is 2.63. The van der Waals surface area contributed by atoms with Crippen LogP contribution in [-0.4, -0.2) is 25.0 Å². The van der Waals surface area contributed by atoms with E-state index in [0.29, 0.717) is 17.9 Å². The zero-order valence-corrected chi connectivity index (χ0v) is 10.3. The second kappa shape index (κ2) is 4.71. The van der Waals surface area contributed by atoms with Crippen molar-refractivity contribution in [1.29, 1.82) is 0 Å². The Labute approximate surface area is 97.8 Å². The van der Waals surface area contributed by atoms with Gasteiger partial charge in [0.15, 0.2) is 0 Å². The molecule has 15 heavy (non-hydrogen) atoms. The number of carbonyl (C=O) groups excluding carboxylic acids is 1. The lowest BCUT2D eigenvalue weighted by Crippen LogP contribution is -2.41. The number of hydrogen-bond acceptors (Lipinski definition) is 2. The quantitative estimate of drug-likeness (QED) is 0.716. The standard InChI is InChI=1S/C11H20N2O.ClH/c1-8(2)9-7-11(10(14)13-9)3-5-12-6-4-11;/h8-9,12H,3-7H2,1-2H3,(H,13,14);1H. The molecule has 2 rings (SSSR count). The molecule has 2 fully saturated rings. The molecule has 0 bridgehead atoms. The number of piperidine rings is 1. The van der Waals surface area contributed by atoms with Gasteiger partial charge >= 0.3 is 0 Å². The smallest absolute Gasteiger partial charge is 0.226 e. The molecular weight excluding hydrogens is 212 g/mol. The molecule has 2 aliphatic rings. The Morgan fingerprint density at radius 3 is 2.40 bits per heavy atom. The minimum absolute atomic E-state index is 0. The van der Waals surface area contributed by atoms with E-state index in [1.165, 1.54) is 0 Å². The minimum atomic E-state index is -0.0276. The first kappa shape index (κ1) is 12.8. The van der Waals surface area contributed by atoms with Gasteiger partial charge in [0.25, 0.3) is 0 Å². The molecule has 0 aromatic heterocycles. The number of carbonyl (C=O) groups is 1. The van der Waals surface area contributed by atoms with Crippen LogP contribution in [0.4, 0.5) is 0 Å². The van der Waals surface area contributed by atoms with Crippen molar-refractivity contribution in [1.82, 2.24) is 10.6 Å². The van der Waals surface area contributed by atoms with Gasteiger partial charge in [-0.3, -0.25) is 4.79 Å². The normalized spacial score (nSPS) is 29.0. The molecule has 2 N–H and O–H groups in total. The van der Waals surface area contributed by atoms with Crippen LogP contribution in [0.1, 0.15) is 33.1 Å². The molecule has 88 valence electrons. The van der Waals surface area contributed by atoms with Gasteiger partial charge in [0, 0.05) is 6.04 Å². The topological polar surface area (TPSA) is 41.1 Å². The highest BCUT2D eigenvalue weighted by molar-refractivity contribution is 5.85. The van der Waals surface area contributed by atoms with Crippen LogP contribution >= 0.6 is 12.4 Å². The van der Waals surface area contributed by atoms with Gasteiger partial charge in [-0.05, 0) is 38.3 Å². The van der Waals surface area contributed by atoms with E-state index in [1.54, 1.807) is 0 Å². The zero-order chi connectivity index (χ0) is 10.2. The molecule has 2 heterocycles. The van der Waals surface area contributed by atoms with Gasteiger partial charge in [-0.25, -0.2) is 0 Å². The molecule has 1 spiro atoms. The molecule has 0 radical (unpaired) electrons. The Bertz CT molecular complexity index is 237. The molecule has 0 aromatic rings. The highest BCUT2D eigenvalue weighted by Crippen LogP contribution is 2.40. The van der Waals surface area contributed by atoms with Crippen molar-refractivity contribution in [3.63, 3.8) is 0 Å². The highest BCUT2D eigenvalue weighted by Gasteiger charge is 2.47. The third kappa shape index (κ3) is 2.28. The zero-order valence-electron chi connectivity index (χ0n) is 9.51. The van der Waals surface area contributed by atoms with Gasteiger partial charge in [0.2, 0.25) is 5.91 Å². The summed E-state index contributed by atoms with van der Waals surface area (Å²) in [6.45, 7) is 6.37. The lowest BCUT2D eigenvalue weighted by atomic mass is 9.75. The number of nitrogens with one attached hydrogen (secondary N) is 2. The fraction of sp³-hybridized carbons (Fsp3) is 0.909. The van der Waals surface area contributed by atoms with Gasteiger partial charge in [0.05, 0.1) is 5.41 Å². The third-order valence-corrected chi connectivity index (χ3v) is 3.77. The average molecular weight is 233 g/mol. The first-order chi connectivity index (χ1) is 6.64. The number of hydrogen-bond donors (Lipinski definition) is 2. The summed E-state index contributed by atoms with van der Waals surface area (Å²) in [4.78, 5) is 11.9. The Morgan fingerprint density at radius 1 is 1.33 bits per heavy atom. The van der Waals surface area contributed by atoms with Crippen molar-refractivity contribution < 1.29 is 4.79 Å². The SMILES string of the molecule is CC(C)C1CC2(CCNCC2)C(=O)N1.Cl. The van der Waals surface area contributed by atoms with Crippen molar-refractivity contribution in [2.75, 3.05) is 13.1 Å². The summed E-state index contributed by atoms with van der Waals surface area (Å²) in [5, 5.41) is 6.47. The first-order valence-corrected chi connectivity index (χ1v) is 5.66. The maximum Gasteiger partial charge on any atom is 0.226 e. The molecule has 1 unspecified atom stereocenters. The van der Waals surface area contributed by atoms with E-state index >= 15 is 0 Å². The van der Waals surface area contributed by atoms with Gasteiger partial charge in [-0.1, -0.05) is 13.8 Å². The van der Waals surface area contributed by atoms with E-state index in [2.05, 4.69) is 24.5 Å². The fourth-order valence-corrected chi connectivity index (χ4v) is 2.63. The van der Waals surface area contributed by atoms with Crippen LogP contribution in [0.25, 0.3) is 0 Å². The van der Waals surface area contributed by atoms with Crippen LogP contribution in [0.15, 0.2) is 0 Å². The predicted molar refractivity (Wildman–Crippen MR) is 63.2 cm³/mol. The van der Waals surface area contributed by atoms with Gasteiger partial charge in [-0.15, -0.1) is 12.4 Å². The lowest BCUT2D eigenvalue weighted by molar-refractivity contribution is -0.128. The summed E-state index contributed by atoms with van der Waals surface area (Å²) in [5.41, 5.74) is -0.0276. The van der Waals surface area contributed by atoms with Crippen LogP contribution in [0, 0.1) is 11.3 Å². The molecule has 0 saturated carbocycles. The maximum absolute atomic E-state index is 11.9. The molecule has 1 amide bonds.